The van der Waals surface area contributed by atoms with E-state index in [0.717, 1.165) is 36.4 Å². The molecule has 1 N–H and O–H groups in total. The molecule has 4 rings (SSSR count). The van der Waals surface area contributed by atoms with E-state index in [0.29, 0.717) is 30.3 Å². The van der Waals surface area contributed by atoms with Crippen molar-refractivity contribution >= 4 is 34.8 Å². The first-order chi connectivity index (χ1) is 13.2. The van der Waals surface area contributed by atoms with Crippen molar-refractivity contribution in [2.24, 2.45) is 5.92 Å². The highest BCUT2D eigenvalue weighted by Gasteiger charge is 2.28. The van der Waals surface area contributed by atoms with Crippen LogP contribution in [0.4, 0.5) is 6.01 Å². The predicted molar refractivity (Wildman–Crippen MR) is 105 cm³/mol. The molecule has 140 valence electrons. The van der Waals surface area contributed by atoms with Gasteiger partial charge in [0.2, 0.25) is 11.6 Å². The van der Waals surface area contributed by atoms with Gasteiger partial charge < -0.3 is 14.6 Å². The summed E-state index contributed by atoms with van der Waals surface area (Å²) in [5.41, 5.74) is 2.42. The van der Waals surface area contributed by atoms with Crippen LogP contribution in [0.1, 0.15) is 18.4 Å². The summed E-state index contributed by atoms with van der Waals surface area (Å²) >= 11 is 5.90. The molecule has 2 aromatic heterocycles. The lowest BCUT2D eigenvalue weighted by molar-refractivity contribution is -0.125. The Hall–Kier alpha value is -2.60. The number of benzene rings is 1. The highest BCUT2D eigenvalue weighted by Crippen LogP contribution is 2.25. The molecule has 1 atom stereocenters. The molecule has 27 heavy (non-hydrogen) atoms. The summed E-state index contributed by atoms with van der Waals surface area (Å²) in [6.45, 7) is 2.06. The number of nitrogens with zero attached hydrogens (tertiary/aromatic N) is 3. The maximum absolute atomic E-state index is 12.6. The molecule has 0 bridgehead atoms. The summed E-state index contributed by atoms with van der Waals surface area (Å²) in [7, 11) is 0. The van der Waals surface area contributed by atoms with Crippen LogP contribution in [0.3, 0.4) is 0 Å². The normalized spacial score (nSPS) is 17.2. The van der Waals surface area contributed by atoms with Crippen molar-refractivity contribution in [1.82, 2.24) is 15.3 Å². The number of carbonyl (C=O) groups excluding carboxylic acids is 1. The predicted octanol–water partition coefficient (Wildman–Crippen LogP) is 3.45. The fourth-order valence-electron chi connectivity index (χ4n) is 3.38. The van der Waals surface area contributed by atoms with Crippen LogP contribution >= 0.6 is 11.6 Å². The van der Waals surface area contributed by atoms with Crippen LogP contribution in [0.15, 0.2) is 47.0 Å². The minimum absolute atomic E-state index is 0.0630. The van der Waals surface area contributed by atoms with Crippen LogP contribution in [-0.2, 0) is 11.2 Å². The molecule has 6 nitrogen and oxygen atoms in total. The number of rotatable bonds is 5. The maximum Gasteiger partial charge on any atom is 0.299 e. The van der Waals surface area contributed by atoms with Gasteiger partial charge in [-0.1, -0.05) is 23.7 Å². The number of hydrogen-bond donors (Lipinski definition) is 1. The standard InChI is InChI=1S/C20H21ClN4O2/c21-16-7-5-14(6-8-16)9-11-23-19(26)15-3-2-12-25(13-15)20-24-18-17(27-20)4-1-10-22-18/h1,4-8,10,15H,2-3,9,11-13H2,(H,23,26). The minimum atomic E-state index is -0.0630. The number of piperidine rings is 1. The molecular weight excluding hydrogens is 364 g/mol. The van der Waals surface area contributed by atoms with E-state index in [2.05, 4.69) is 15.3 Å². The van der Waals surface area contributed by atoms with Gasteiger partial charge >= 0.3 is 0 Å². The van der Waals surface area contributed by atoms with E-state index >= 15 is 0 Å². The van der Waals surface area contributed by atoms with Crippen LogP contribution in [-0.4, -0.2) is 35.5 Å². The third kappa shape index (κ3) is 4.22. The van der Waals surface area contributed by atoms with Gasteiger partial charge in [0.15, 0.2) is 5.58 Å². The summed E-state index contributed by atoms with van der Waals surface area (Å²) < 4.78 is 5.79. The Balaban J connectivity index is 1.33. The van der Waals surface area contributed by atoms with Gasteiger partial charge in [0.05, 0.1) is 5.92 Å². The average molecular weight is 385 g/mol. The van der Waals surface area contributed by atoms with Gasteiger partial charge in [-0.15, -0.1) is 0 Å². The fraction of sp³-hybridized carbons (Fsp3) is 0.350. The second kappa shape index (κ2) is 7.96. The Bertz CT molecular complexity index is 892. The van der Waals surface area contributed by atoms with E-state index in [1.807, 2.05) is 41.3 Å². The maximum atomic E-state index is 12.6. The highest BCUT2D eigenvalue weighted by molar-refractivity contribution is 6.30. The van der Waals surface area contributed by atoms with Crippen molar-refractivity contribution in [2.45, 2.75) is 19.3 Å². The first-order valence-electron chi connectivity index (χ1n) is 9.18. The highest BCUT2D eigenvalue weighted by atomic mass is 35.5. The van der Waals surface area contributed by atoms with E-state index in [1.165, 1.54) is 0 Å². The summed E-state index contributed by atoms with van der Waals surface area (Å²) in [5.74, 6) is 0.0230. The van der Waals surface area contributed by atoms with Gasteiger partial charge in [-0.05, 0) is 49.1 Å². The summed E-state index contributed by atoms with van der Waals surface area (Å²) in [6, 6.07) is 11.9. The van der Waals surface area contributed by atoms with Crippen LogP contribution < -0.4 is 10.2 Å². The zero-order valence-electron chi connectivity index (χ0n) is 14.9. The average Bonchev–Trinajstić information content (AvgIpc) is 3.14. The minimum Gasteiger partial charge on any atom is -0.422 e. The Morgan fingerprint density at radius 1 is 1.30 bits per heavy atom. The first-order valence-corrected chi connectivity index (χ1v) is 9.55. The SMILES string of the molecule is O=C(NCCc1ccc(Cl)cc1)C1CCCN(c2nc3ncccc3o2)C1. The smallest absolute Gasteiger partial charge is 0.299 e. The Kier molecular flexibility index (Phi) is 5.25. The Morgan fingerprint density at radius 3 is 2.96 bits per heavy atom. The number of carbonyl (C=O) groups is 1. The number of oxazole rings is 1. The molecule has 1 aliphatic heterocycles. The molecule has 0 saturated carbocycles. The van der Waals surface area contributed by atoms with Crippen molar-refractivity contribution in [3.05, 3.63) is 53.2 Å². The molecule has 0 aliphatic carbocycles. The topological polar surface area (TPSA) is 71.3 Å². The van der Waals surface area contributed by atoms with E-state index in [4.69, 9.17) is 16.0 Å². The zero-order chi connectivity index (χ0) is 18.6. The molecule has 1 aliphatic rings. The molecule has 0 radical (unpaired) electrons. The number of aromatic nitrogens is 2. The van der Waals surface area contributed by atoms with Gasteiger partial charge in [0.25, 0.3) is 6.01 Å². The van der Waals surface area contributed by atoms with Gasteiger partial charge in [-0.25, -0.2) is 4.98 Å². The summed E-state index contributed by atoms with van der Waals surface area (Å²) in [6.07, 6.45) is 4.29. The van der Waals surface area contributed by atoms with E-state index in [1.54, 1.807) is 6.20 Å². The lowest BCUT2D eigenvalue weighted by Gasteiger charge is -2.30. The van der Waals surface area contributed by atoms with Crippen molar-refractivity contribution in [3.63, 3.8) is 0 Å². The molecule has 1 aromatic carbocycles. The lowest BCUT2D eigenvalue weighted by Crippen LogP contribution is -2.43. The van der Waals surface area contributed by atoms with E-state index < -0.39 is 0 Å². The molecule has 7 heteroatoms. The summed E-state index contributed by atoms with van der Waals surface area (Å²) in [4.78, 5) is 23.3. The van der Waals surface area contributed by atoms with E-state index in [9.17, 15) is 4.79 Å². The number of amides is 1. The van der Waals surface area contributed by atoms with E-state index in [-0.39, 0.29) is 11.8 Å². The van der Waals surface area contributed by atoms with Gasteiger partial charge in [-0.3, -0.25) is 4.79 Å². The van der Waals surface area contributed by atoms with Crippen LogP contribution in [0.2, 0.25) is 5.02 Å². The van der Waals surface area contributed by atoms with Crippen molar-refractivity contribution in [2.75, 3.05) is 24.5 Å². The monoisotopic (exact) mass is 384 g/mol. The number of nitrogens with one attached hydrogen (secondary N) is 1. The van der Waals surface area contributed by atoms with Gasteiger partial charge in [0.1, 0.15) is 0 Å². The third-order valence-electron chi connectivity index (χ3n) is 4.84. The number of fused-ring (bicyclic) bond motifs is 1. The number of hydrogen-bond acceptors (Lipinski definition) is 5. The number of halogens is 1. The first kappa shape index (κ1) is 17.8. The zero-order valence-corrected chi connectivity index (χ0v) is 15.7. The molecule has 3 heterocycles. The second-order valence-electron chi connectivity index (χ2n) is 6.77. The van der Waals surface area contributed by atoms with Gasteiger partial charge in [-0.2, -0.15) is 4.98 Å². The number of pyridine rings is 1. The summed E-state index contributed by atoms with van der Waals surface area (Å²) in [5, 5.41) is 3.77. The Labute approximate surface area is 162 Å². The van der Waals surface area contributed by atoms with Gasteiger partial charge in [0, 0.05) is 30.9 Å². The van der Waals surface area contributed by atoms with Crippen molar-refractivity contribution in [3.8, 4) is 0 Å². The Morgan fingerprint density at radius 2 is 2.15 bits per heavy atom. The lowest BCUT2D eigenvalue weighted by atomic mass is 9.97. The molecular formula is C20H21ClN4O2. The van der Waals surface area contributed by atoms with Crippen LogP contribution in [0.25, 0.3) is 11.2 Å². The van der Waals surface area contributed by atoms with Crippen molar-refractivity contribution < 1.29 is 9.21 Å². The third-order valence-corrected chi connectivity index (χ3v) is 5.09. The largest absolute Gasteiger partial charge is 0.422 e. The fourth-order valence-corrected chi connectivity index (χ4v) is 3.51. The molecule has 3 aromatic rings. The quantitative estimate of drug-likeness (QED) is 0.729. The molecule has 0 spiro atoms. The van der Waals surface area contributed by atoms with Crippen LogP contribution in [0, 0.1) is 5.92 Å². The molecule has 1 amide bonds. The molecule has 1 unspecified atom stereocenters. The molecule has 1 saturated heterocycles. The number of anilines is 1. The van der Waals surface area contributed by atoms with Crippen LogP contribution in [0.5, 0.6) is 0 Å². The molecule has 1 fully saturated rings. The second-order valence-corrected chi connectivity index (χ2v) is 7.21. The van der Waals surface area contributed by atoms with Crippen molar-refractivity contribution in [1.29, 1.82) is 0 Å².